The molecule has 4 rings (SSSR count). The van der Waals surface area contributed by atoms with Crippen LogP contribution in [0.25, 0.3) is 17.0 Å². The van der Waals surface area contributed by atoms with E-state index in [0.29, 0.717) is 18.3 Å². The minimum Gasteiger partial charge on any atom is -0.459 e. The number of halogens is 1. The maximum atomic E-state index is 12.6. The number of benzene rings is 1. The van der Waals surface area contributed by atoms with Gasteiger partial charge in [0.25, 0.3) is 0 Å². The van der Waals surface area contributed by atoms with E-state index < -0.39 is 5.54 Å². The summed E-state index contributed by atoms with van der Waals surface area (Å²) in [5.41, 5.74) is 3.01. The summed E-state index contributed by atoms with van der Waals surface area (Å²) in [5, 5.41) is 4.45. The van der Waals surface area contributed by atoms with Crippen LogP contribution in [0.15, 0.2) is 52.0 Å². The van der Waals surface area contributed by atoms with E-state index in [1.165, 1.54) is 6.08 Å². The van der Waals surface area contributed by atoms with Gasteiger partial charge in [0, 0.05) is 37.3 Å². The highest BCUT2D eigenvalue weighted by molar-refractivity contribution is 5.94. The molecule has 1 aliphatic rings. The van der Waals surface area contributed by atoms with Gasteiger partial charge >= 0.3 is 0 Å². The standard InChI is InChI=1S/C24H26N4O3.ClH/c1-15-17-8-6-7-9-19(17)30-20(15)14-28(5)21(29)11-10-16-12-18-22(26-13-16)31-23(25-4)24(2,3)27-18;/h6-13,27H,14H2,1-5H3;1H/b11-10+,25-23?;. The molecule has 0 atom stereocenters. The van der Waals surface area contributed by atoms with Crippen LogP contribution < -0.4 is 10.1 Å². The van der Waals surface area contributed by atoms with Crippen molar-refractivity contribution in [2.75, 3.05) is 19.4 Å². The fourth-order valence-electron chi connectivity index (χ4n) is 3.63. The number of furan rings is 1. The van der Waals surface area contributed by atoms with Crippen molar-refractivity contribution in [3.8, 4) is 5.88 Å². The number of carbonyl (C=O) groups is 1. The van der Waals surface area contributed by atoms with E-state index in [1.54, 1.807) is 31.3 Å². The lowest BCUT2D eigenvalue weighted by molar-refractivity contribution is -0.125. The number of para-hydroxylation sites is 1. The van der Waals surface area contributed by atoms with Crippen LogP contribution in [-0.4, -0.2) is 41.3 Å². The second-order valence-corrected chi connectivity index (χ2v) is 8.18. The minimum atomic E-state index is -0.438. The van der Waals surface area contributed by atoms with E-state index in [0.717, 1.165) is 33.5 Å². The third-order valence-electron chi connectivity index (χ3n) is 5.37. The predicted molar refractivity (Wildman–Crippen MR) is 130 cm³/mol. The molecule has 1 aliphatic heterocycles. The van der Waals surface area contributed by atoms with E-state index in [9.17, 15) is 4.79 Å². The number of nitrogens with zero attached hydrogens (tertiary/aromatic N) is 3. The first-order valence-corrected chi connectivity index (χ1v) is 10.1. The Morgan fingerprint density at radius 2 is 2.06 bits per heavy atom. The number of carbonyl (C=O) groups excluding carboxylic acids is 1. The zero-order valence-corrected chi connectivity index (χ0v) is 19.6. The third-order valence-corrected chi connectivity index (χ3v) is 5.37. The Hall–Kier alpha value is -3.32. The Kier molecular flexibility index (Phi) is 6.60. The molecule has 0 radical (unpaired) electrons. The van der Waals surface area contributed by atoms with Gasteiger partial charge in [-0.3, -0.25) is 9.79 Å². The fourth-order valence-corrected chi connectivity index (χ4v) is 3.63. The zero-order valence-electron chi connectivity index (χ0n) is 18.8. The van der Waals surface area contributed by atoms with Crippen molar-refractivity contribution < 1.29 is 13.9 Å². The summed E-state index contributed by atoms with van der Waals surface area (Å²) in [5.74, 6) is 1.72. The molecule has 0 unspecified atom stereocenters. The van der Waals surface area contributed by atoms with Gasteiger partial charge in [-0.2, -0.15) is 0 Å². The van der Waals surface area contributed by atoms with Gasteiger partial charge in [0.1, 0.15) is 16.9 Å². The van der Waals surface area contributed by atoms with Crippen molar-refractivity contribution >= 4 is 46.9 Å². The van der Waals surface area contributed by atoms with E-state index in [2.05, 4.69) is 15.3 Å². The number of anilines is 1. The summed E-state index contributed by atoms with van der Waals surface area (Å²) >= 11 is 0. The number of nitrogens with one attached hydrogen (secondary N) is 1. The lowest BCUT2D eigenvalue weighted by Gasteiger charge is -2.33. The highest BCUT2D eigenvalue weighted by Crippen LogP contribution is 2.32. The van der Waals surface area contributed by atoms with E-state index in [-0.39, 0.29) is 18.3 Å². The number of hydrogen-bond acceptors (Lipinski definition) is 6. The SMILES string of the molecule is CN=C1Oc2ncc(/C=C/C(=O)N(C)Cc3oc4ccccc4c3C)cc2NC1(C)C.Cl. The van der Waals surface area contributed by atoms with E-state index >= 15 is 0 Å². The number of pyridine rings is 1. The van der Waals surface area contributed by atoms with Gasteiger partial charge in [-0.15, -0.1) is 12.4 Å². The molecule has 3 heterocycles. The number of rotatable bonds is 4. The first-order chi connectivity index (χ1) is 14.8. The van der Waals surface area contributed by atoms with Gasteiger partial charge in [0.2, 0.25) is 17.7 Å². The number of ether oxygens (including phenoxy) is 1. The molecular weight excluding hydrogens is 428 g/mol. The van der Waals surface area contributed by atoms with Crippen LogP contribution in [0.3, 0.4) is 0 Å². The van der Waals surface area contributed by atoms with Crippen molar-refractivity contribution in [3.05, 3.63) is 59.5 Å². The van der Waals surface area contributed by atoms with Gasteiger partial charge in [-0.1, -0.05) is 18.2 Å². The third kappa shape index (κ3) is 4.48. The second-order valence-electron chi connectivity index (χ2n) is 8.18. The summed E-state index contributed by atoms with van der Waals surface area (Å²) in [4.78, 5) is 22.8. The maximum Gasteiger partial charge on any atom is 0.246 e. The number of aromatic nitrogens is 1. The van der Waals surface area contributed by atoms with Crippen molar-refractivity contribution in [1.29, 1.82) is 0 Å². The van der Waals surface area contributed by atoms with E-state index in [1.807, 2.05) is 51.1 Å². The molecule has 1 N–H and O–H groups in total. The summed E-state index contributed by atoms with van der Waals surface area (Å²) in [6.07, 6.45) is 4.95. The highest BCUT2D eigenvalue weighted by Gasteiger charge is 2.33. The number of aryl methyl sites for hydroxylation is 1. The van der Waals surface area contributed by atoms with Crippen LogP contribution in [0.5, 0.6) is 5.88 Å². The molecule has 7 nitrogen and oxygen atoms in total. The maximum absolute atomic E-state index is 12.6. The first kappa shape index (κ1) is 23.3. The van der Waals surface area contributed by atoms with Gasteiger partial charge in [0.05, 0.1) is 12.2 Å². The van der Waals surface area contributed by atoms with Crippen molar-refractivity contribution in [2.24, 2.45) is 4.99 Å². The van der Waals surface area contributed by atoms with Gasteiger partial charge in [-0.05, 0) is 44.5 Å². The van der Waals surface area contributed by atoms with Crippen LogP contribution in [-0.2, 0) is 11.3 Å². The molecule has 2 aromatic heterocycles. The molecule has 3 aromatic rings. The number of aliphatic imine (C=N–C) groups is 1. The number of amides is 1. The number of likely N-dealkylation sites (N-methyl/N-ethyl adjacent to an activating group) is 1. The highest BCUT2D eigenvalue weighted by atomic mass is 35.5. The van der Waals surface area contributed by atoms with Crippen LogP contribution in [0.1, 0.15) is 30.7 Å². The van der Waals surface area contributed by atoms with Crippen LogP contribution in [0, 0.1) is 6.92 Å². The van der Waals surface area contributed by atoms with Crippen molar-refractivity contribution in [1.82, 2.24) is 9.88 Å². The van der Waals surface area contributed by atoms with Crippen LogP contribution in [0.4, 0.5) is 5.69 Å². The molecule has 8 heteroatoms. The van der Waals surface area contributed by atoms with Gasteiger partial charge in [-0.25, -0.2) is 4.98 Å². The summed E-state index contributed by atoms with van der Waals surface area (Å²) in [7, 11) is 3.45. The average molecular weight is 455 g/mol. The Morgan fingerprint density at radius 1 is 1.31 bits per heavy atom. The molecule has 32 heavy (non-hydrogen) atoms. The van der Waals surface area contributed by atoms with Gasteiger partial charge in [0.15, 0.2) is 0 Å². The molecule has 0 saturated heterocycles. The predicted octanol–water partition coefficient (Wildman–Crippen LogP) is 4.84. The molecule has 1 amide bonds. The van der Waals surface area contributed by atoms with Crippen LogP contribution in [0.2, 0.25) is 0 Å². The molecule has 168 valence electrons. The molecule has 1 aromatic carbocycles. The topological polar surface area (TPSA) is 80.0 Å². The summed E-state index contributed by atoms with van der Waals surface area (Å²) < 4.78 is 11.7. The quantitative estimate of drug-likeness (QED) is 0.570. The normalized spacial score (nSPS) is 15.7. The van der Waals surface area contributed by atoms with Crippen molar-refractivity contribution in [3.63, 3.8) is 0 Å². The lowest BCUT2D eigenvalue weighted by atomic mass is 10.0. The zero-order chi connectivity index (χ0) is 22.2. The molecular formula is C24H27ClN4O3. The average Bonchev–Trinajstić information content (AvgIpc) is 3.06. The minimum absolute atomic E-state index is 0. The van der Waals surface area contributed by atoms with Crippen LogP contribution >= 0.6 is 12.4 Å². The van der Waals surface area contributed by atoms with E-state index in [4.69, 9.17) is 9.15 Å². The smallest absolute Gasteiger partial charge is 0.246 e. The Balaban J connectivity index is 0.00000289. The molecule has 0 spiro atoms. The van der Waals surface area contributed by atoms with Crippen molar-refractivity contribution in [2.45, 2.75) is 32.9 Å². The summed E-state index contributed by atoms with van der Waals surface area (Å²) in [6, 6.07) is 9.79. The van der Waals surface area contributed by atoms with Gasteiger partial charge < -0.3 is 19.4 Å². The lowest BCUT2D eigenvalue weighted by Crippen LogP contribution is -2.46. The fraction of sp³-hybridized carbons (Fsp3) is 0.292. The Bertz CT molecular complexity index is 1210. The Labute approximate surface area is 193 Å². The first-order valence-electron chi connectivity index (χ1n) is 10.1. The largest absolute Gasteiger partial charge is 0.459 e. The summed E-state index contributed by atoms with van der Waals surface area (Å²) in [6.45, 7) is 6.38. The monoisotopic (exact) mass is 454 g/mol. The molecule has 0 bridgehead atoms. The molecule has 0 saturated carbocycles. The number of fused-ring (bicyclic) bond motifs is 2. The molecule has 0 fully saturated rings. The second kappa shape index (κ2) is 9.04. The number of hydrogen-bond donors (Lipinski definition) is 1. The Morgan fingerprint density at radius 3 is 2.78 bits per heavy atom. The molecule has 0 aliphatic carbocycles.